The van der Waals surface area contributed by atoms with Gasteiger partial charge in [0.2, 0.25) is 0 Å². The van der Waals surface area contributed by atoms with Crippen molar-refractivity contribution in [2.45, 2.75) is 32.2 Å². The first-order valence-electron chi connectivity index (χ1n) is 10.9. The SMILES string of the molecule is CCNC(=NCC1CCN(C2CC2)C1)N1CCN(c2ccc(OC)cc2)CC1. The molecule has 3 fully saturated rings. The van der Waals surface area contributed by atoms with Crippen molar-refractivity contribution < 1.29 is 4.74 Å². The second-order valence-corrected chi connectivity index (χ2v) is 8.25. The van der Waals surface area contributed by atoms with Crippen LogP contribution < -0.4 is 15.0 Å². The van der Waals surface area contributed by atoms with E-state index in [4.69, 9.17) is 9.73 Å². The molecular weight excluding hydrogens is 350 g/mol. The Balaban J connectivity index is 1.30. The van der Waals surface area contributed by atoms with Gasteiger partial charge in [0, 0.05) is 57.5 Å². The first-order valence-corrected chi connectivity index (χ1v) is 10.9. The highest BCUT2D eigenvalue weighted by molar-refractivity contribution is 5.80. The van der Waals surface area contributed by atoms with Crippen LogP contribution in [0.3, 0.4) is 0 Å². The molecule has 0 amide bonds. The lowest BCUT2D eigenvalue weighted by molar-refractivity contribution is 0.315. The van der Waals surface area contributed by atoms with E-state index in [1.807, 2.05) is 12.1 Å². The second kappa shape index (κ2) is 9.03. The fourth-order valence-electron chi connectivity index (χ4n) is 4.39. The summed E-state index contributed by atoms with van der Waals surface area (Å²) < 4.78 is 5.27. The number of aliphatic imine (C=N–C) groups is 1. The largest absolute Gasteiger partial charge is 0.497 e. The third kappa shape index (κ3) is 4.72. The van der Waals surface area contributed by atoms with Crippen LogP contribution >= 0.6 is 0 Å². The number of guanidine groups is 1. The summed E-state index contributed by atoms with van der Waals surface area (Å²) in [5, 5.41) is 3.52. The lowest BCUT2D eigenvalue weighted by Crippen LogP contribution is -2.52. The highest BCUT2D eigenvalue weighted by atomic mass is 16.5. The molecule has 1 saturated carbocycles. The Bertz CT molecular complexity index is 649. The van der Waals surface area contributed by atoms with E-state index in [0.717, 1.165) is 62.9 Å². The summed E-state index contributed by atoms with van der Waals surface area (Å²) in [6, 6.07) is 9.28. The van der Waals surface area contributed by atoms with Crippen molar-refractivity contribution in [1.29, 1.82) is 0 Å². The van der Waals surface area contributed by atoms with Gasteiger partial charge in [0.1, 0.15) is 5.75 Å². The quantitative estimate of drug-likeness (QED) is 0.601. The molecule has 154 valence electrons. The summed E-state index contributed by atoms with van der Waals surface area (Å²) in [5.74, 6) is 2.74. The van der Waals surface area contributed by atoms with Crippen LogP contribution in [0, 0.1) is 5.92 Å². The number of piperazine rings is 1. The fraction of sp³-hybridized carbons (Fsp3) is 0.682. The molecule has 0 spiro atoms. The van der Waals surface area contributed by atoms with Crippen LogP contribution in [0.4, 0.5) is 5.69 Å². The minimum atomic E-state index is 0.731. The average molecular weight is 386 g/mol. The lowest BCUT2D eigenvalue weighted by Gasteiger charge is -2.37. The molecule has 2 saturated heterocycles. The maximum absolute atomic E-state index is 5.27. The van der Waals surface area contributed by atoms with E-state index in [2.05, 4.69) is 39.1 Å². The zero-order chi connectivity index (χ0) is 19.3. The lowest BCUT2D eigenvalue weighted by atomic mass is 10.1. The van der Waals surface area contributed by atoms with Gasteiger partial charge in [0.25, 0.3) is 0 Å². The zero-order valence-corrected chi connectivity index (χ0v) is 17.4. The Labute approximate surface area is 169 Å². The molecule has 28 heavy (non-hydrogen) atoms. The predicted molar refractivity (Wildman–Crippen MR) is 115 cm³/mol. The monoisotopic (exact) mass is 385 g/mol. The van der Waals surface area contributed by atoms with Gasteiger partial charge >= 0.3 is 0 Å². The normalized spacial score (nSPS) is 23.9. The summed E-state index contributed by atoms with van der Waals surface area (Å²) >= 11 is 0. The third-order valence-electron chi connectivity index (χ3n) is 6.23. The van der Waals surface area contributed by atoms with Gasteiger partial charge in [0.15, 0.2) is 5.96 Å². The Morgan fingerprint density at radius 3 is 2.46 bits per heavy atom. The van der Waals surface area contributed by atoms with E-state index >= 15 is 0 Å². The molecule has 2 aliphatic heterocycles. The van der Waals surface area contributed by atoms with Gasteiger partial charge in [0.05, 0.1) is 7.11 Å². The Hall–Kier alpha value is -1.95. The number of nitrogens with one attached hydrogen (secondary N) is 1. The van der Waals surface area contributed by atoms with E-state index in [1.54, 1.807) is 7.11 Å². The molecular formula is C22H35N5O. The molecule has 3 aliphatic rings. The molecule has 2 heterocycles. The van der Waals surface area contributed by atoms with Gasteiger partial charge in [-0.05, 0) is 62.9 Å². The molecule has 0 radical (unpaired) electrons. The van der Waals surface area contributed by atoms with Gasteiger partial charge in [-0.15, -0.1) is 0 Å². The van der Waals surface area contributed by atoms with Crippen molar-refractivity contribution in [3.63, 3.8) is 0 Å². The predicted octanol–water partition coefficient (Wildman–Crippen LogP) is 2.27. The number of likely N-dealkylation sites (tertiary alicyclic amines) is 1. The summed E-state index contributed by atoms with van der Waals surface area (Å²) in [6.07, 6.45) is 4.14. The van der Waals surface area contributed by atoms with Crippen LogP contribution in [0.5, 0.6) is 5.75 Å². The first-order chi connectivity index (χ1) is 13.8. The van der Waals surface area contributed by atoms with Crippen LogP contribution in [0.2, 0.25) is 0 Å². The standard InChI is InChI=1S/C22H35N5O/c1-3-23-22(24-16-18-10-11-27(17-18)20-4-5-20)26-14-12-25(13-15-26)19-6-8-21(28-2)9-7-19/h6-9,18,20H,3-5,10-17H2,1-2H3,(H,23,24). The number of hydrogen-bond donors (Lipinski definition) is 1. The number of ether oxygens (including phenoxy) is 1. The molecule has 4 rings (SSSR count). The van der Waals surface area contributed by atoms with E-state index in [9.17, 15) is 0 Å². The summed E-state index contributed by atoms with van der Waals surface area (Å²) in [4.78, 5) is 12.6. The molecule has 1 atom stereocenters. The van der Waals surface area contributed by atoms with Crippen LogP contribution in [-0.2, 0) is 0 Å². The van der Waals surface area contributed by atoms with Crippen molar-refractivity contribution in [1.82, 2.24) is 15.1 Å². The maximum atomic E-state index is 5.27. The van der Waals surface area contributed by atoms with E-state index in [1.165, 1.54) is 38.0 Å². The Morgan fingerprint density at radius 2 is 1.82 bits per heavy atom. The molecule has 0 aromatic heterocycles. The highest BCUT2D eigenvalue weighted by Gasteiger charge is 2.34. The number of nitrogens with zero attached hydrogens (tertiary/aromatic N) is 4. The summed E-state index contributed by atoms with van der Waals surface area (Å²) in [5.41, 5.74) is 1.27. The van der Waals surface area contributed by atoms with Crippen LogP contribution in [-0.4, -0.2) is 81.3 Å². The Morgan fingerprint density at radius 1 is 1.07 bits per heavy atom. The summed E-state index contributed by atoms with van der Waals surface area (Å²) in [6.45, 7) is 10.6. The van der Waals surface area contributed by atoms with Gasteiger partial charge in [-0.3, -0.25) is 4.99 Å². The highest BCUT2D eigenvalue weighted by Crippen LogP contribution is 2.31. The van der Waals surface area contributed by atoms with E-state index in [0.29, 0.717) is 0 Å². The number of anilines is 1. The minimum Gasteiger partial charge on any atom is -0.497 e. The molecule has 0 bridgehead atoms. The fourth-order valence-corrected chi connectivity index (χ4v) is 4.39. The average Bonchev–Trinajstić information content (AvgIpc) is 3.49. The van der Waals surface area contributed by atoms with Crippen molar-refractivity contribution in [3.05, 3.63) is 24.3 Å². The molecule has 1 aromatic rings. The molecule has 1 unspecified atom stereocenters. The zero-order valence-electron chi connectivity index (χ0n) is 17.4. The molecule has 1 N–H and O–H groups in total. The number of rotatable bonds is 6. The van der Waals surface area contributed by atoms with E-state index in [-0.39, 0.29) is 0 Å². The van der Waals surface area contributed by atoms with Crippen molar-refractivity contribution in [2.75, 3.05) is 64.4 Å². The van der Waals surface area contributed by atoms with Crippen LogP contribution in [0.1, 0.15) is 26.2 Å². The molecule has 6 heteroatoms. The number of methoxy groups -OCH3 is 1. The number of hydrogen-bond acceptors (Lipinski definition) is 4. The maximum Gasteiger partial charge on any atom is 0.194 e. The topological polar surface area (TPSA) is 43.3 Å². The Kier molecular flexibility index (Phi) is 6.25. The third-order valence-corrected chi connectivity index (χ3v) is 6.23. The van der Waals surface area contributed by atoms with Crippen molar-refractivity contribution in [2.24, 2.45) is 10.9 Å². The van der Waals surface area contributed by atoms with Crippen LogP contribution in [0.15, 0.2) is 29.3 Å². The summed E-state index contributed by atoms with van der Waals surface area (Å²) in [7, 11) is 1.71. The second-order valence-electron chi connectivity index (χ2n) is 8.25. The number of benzene rings is 1. The minimum absolute atomic E-state index is 0.731. The van der Waals surface area contributed by atoms with Crippen molar-refractivity contribution in [3.8, 4) is 5.75 Å². The van der Waals surface area contributed by atoms with Crippen molar-refractivity contribution >= 4 is 11.6 Å². The molecule has 6 nitrogen and oxygen atoms in total. The molecule has 1 aliphatic carbocycles. The molecule has 1 aromatic carbocycles. The van der Waals surface area contributed by atoms with Gasteiger partial charge in [-0.25, -0.2) is 0 Å². The van der Waals surface area contributed by atoms with Crippen LogP contribution in [0.25, 0.3) is 0 Å². The van der Waals surface area contributed by atoms with Gasteiger partial charge in [-0.1, -0.05) is 0 Å². The smallest absolute Gasteiger partial charge is 0.194 e. The van der Waals surface area contributed by atoms with Gasteiger partial charge < -0.3 is 24.8 Å². The first kappa shape index (κ1) is 19.4. The van der Waals surface area contributed by atoms with E-state index < -0.39 is 0 Å². The van der Waals surface area contributed by atoms with Gasteiger partial charge in [-0.2, -0.15) is 0 Å².